The van der Waals surface area contributed by atoms with Gasteiger partial charge < -0.3 is 14.8 Å². The first kappa shape index (κ1) is 13.9. The number of esters is 1. The van der Waals surface area contributed by atoms with E-state index < -0.39 is 12.1 Å². The van der Waals surface area contributed by atoms with Crippen LogP contribution in [0.1, 0.15) is 39.0 Å². The van der Waals surface area contributed by atoms with Gasteiger partial charge in [-0.05, 0) is 31.8 Å². The molecule has 0 aromatic carbocycles. The second-order valence-corrected chi connectivity index (χ2v) is 5.05. The first-order valence-electron chi connectivity index (χ1n) is 7.03. The van der Waals surface area contributed by atoms with Gasteiger partial charge in [-0.1, -0.05) is 19.3 Å². The Bertz CT molecular complexity index is 360. The maximum absolute atomic E-state index is 11.4. The molecule has 19 heavy (non-hydrogen) atoms. The maximum Gasteiger partial charge on any atom is 0.408 e. The molecule has 0 aromatic heterocycles. The van der Waals surface area contributed by atoms with Crippen molar-refractivity contribution in [2.45, 2.75) is 51.2 Å². The van der Waals surface area contributed by atoms with Crippen molar-refractivity contribution in [2.75, 3.05) is 6.61 Å². The van der Waals surface area contributed by atoms with Gasteiger partial charge in [-0.25, -0.2) is 9.59 Å². The molecule has 2 aliphatic rings. The molecule has 0 unspecified atom stereocenters. The van der Waals surface area contributed by atoms with Gasteiger partial charge in [0.05, 0.1) is 12.6 Å². The van der Waals surface area contributed by atoms with Crippen LogP contribution < -0.4 is 5.32 Å². The number of hydrogen-bond acceptors (Lipinski definition) is 4. The van der Waals surface area contributed by atoms with Crippen LogP contribution in [0.15, 0.2) is 12.2 Å². The summed E-state index contributed by atoms with van der Waals surface area (Å²) in [4.78, 5) is 22.7. The van der Waals surface area contributed by atoms with Crippen LogP contribution in [0.3, 0.4) is 0 Å². The lowest BCUT2D eigenvalue weighted by Crippen LogP contribution is -2.39. The average molecular weight is 267 g/mol. The Morgan fingerprint density at radius 2 is 2.16 bits per heavy atom. The molecule has 0 spiro atoms. The fourth-order valence-electron chi connectivity index (χ4n) is 2.85. The van der Waals surface area contributed by atoms with Crippen LogP contribution in [-0.4, -0.2) is 30.8 Å². The summed E-state index contributed by atoms with van der Waals surface area (Å²) in [6.07, 6.45) is 8.11. The molecule has 0 bridgehead atoms. The van der Waals surface area contributed by atoms with E-state index in [1.165, 1.54) is 25.3 Å². The van der Waals surface area contributed by atoms with E-state index in [9.17, 15) is 9.59 Å². The van der Waals surface area contributed by atoms with E-state index in [0.29, 0.717) is 12.5 Å². The zero-order chi connectivity index (χ0) is 13.7. The van der Waals surface area contributed by atoms with Crippen molar-refractivity contribution in [3.8, 4) is 0 Å². The summed E-state index contributed by atoms with van der Waals surface area (Å²) < 4.78 is 10.0. The SMILES string of the molecule is CCOC(=O)/C=C/[C@H]1OC(=O)N[C@@H]1C1CCCCC1. The highest BCUT2D eigenvalue weighted by Gasteiger charge is 2.38. The van der Waals surface area contributed by atoms with Crippen molar-refractivity contribution in [2.24, 2.45) is 5.92 Å². The summed E-state index contributed by atoms with van der Waals surface area (Å²) in [6.45, 7) is 2.10. The van der Waals surface area contributed by atoms with Crippen molar-refractivity contribution in [3.05, 3.63) is 12.2 Å². The summed E-state index contributed by atoms with van der Waals surface area (Å²) in [5.74, 6) is 0.0462. The molecule has 0 aromatic rings. The average Bonchev–Trinajstić information content (AvgIpc) is 2.79. The summed E-state index contributed by atoms with van der Waals surface area (Å²) in [5.41, 5.74) is 0. The van der Waals surface area contributed by atoms with E-state index in [1.807, 2.05) is 0 Å². The van der Waals surface area contributed by atoms with E-state index >= 15 is 0 Å². The number of carbonyl (C=O) groups excluding carboxylic acids is 2. The van der Waals surface area contributed by atoms with Crippen molar-refractivity contribution >= 4 is 12.1 Å². The van der Waals surface area contributed by atoms with Gasteiger partial charge in [0.25, 0.3) is 0 Å². The molecule has 1 amide bonds. The lowest BCUT2D eigenvalue weighted by atomic mass is 9.82. The monoisotopic (exact) mass is 267 g/mol. The van der Waals surface area contributed by atoms with Crippen molar-refractivity contribution < 1.29 is 19.1 Å². The highest BCUT2D eigenvalue weighted by atomic mass is 16.6. The third-order valence-corrected chi connectivity index (χ3v) is 3.75. The lowest BCUT2D eigenvalue weighted by molar-refractivity contribution is -0.137. The highest BCUT2D eigenvalue weighted by Crippen LogP contribution is 2.30. The first-order valence-corrected chi connectivity index (χ1v) is 7.03. The molecule has 5 nitrogen and oxygen atoms in total. The number of cyclic esters (lactones) is 1. The largest absolute Gasteiger partial charge is 0.463 e. The molecule has 2 fully saturated rings. The van der Waals surface area contributed by atoms with Crippen LogP contribution in [0.5, 0.6) is 0 Å². The van der Waals surface area contributed by atoms with E-state index in [2.05, 4.69) is 5.32 Å². The quantitative estimate of drug-likeness (QED) is 0.626. The van der Waals surface area contributed by atoms with Crippen LogP contribution in [0.2, 0.25) is 0 Å². The summed E-state index contributed by atoms with van der Waals surface area (Å²) in [6, 6.07) is -0.0153. The molecule has 2 rings (SSSR count). The smallest absolute Gasteiger partial charge is 0.408 e. The highest BCUT2D eigenvalue weighted by molar-refractivity contribution is 5.82. The molecule has 106 valence electrons. The van der Waals surface area contributed by atoms with Gasteiger partial charge in [0, 0.05) is 6.08 Å². The number of nitrogens with one attached hydrogen (secondary N) is 1. The molecule has 1 saturated carbocycles. The van der Waals surface area contributed by atoms with E-state index in [4.69, 9.17) is 9.47 Å². The Hall–Kier alpha value is -1.52. The molecule has 1 aliphatic carbocycles. The summed E-state index contributed by atoms with van der Waals surface area (Å²) >= 11 is 0. The molecule has 5 heteroatoms. The topological polar surface area (TPSA) is 64.6 Å². The minimum Gasteiger partial charge on any atom is -0.463 e. The van der Waals surface area contributed by atoms with Crippen LogP contribution in [0.25, 0.3) is 0 Å². The van der Waals surface area contributed by atoms with Crippen LogP contribution in [0.4, 0.5) is 4.79 Å². The predicted octanol–water partition coefficient (Wildman–Crippen LogP) is 2.16. The Morgan fingerprint density at radius 3 is 2.84 bits per heavy atom. The van der Waals surface area contributed by atoms with Gasteiger partial charge >= 0.3 is 12.1 Å². The van der Waals surface area contributed by atoms with Gasteiger partial charge in [0.15, 0.2) is 0 Å². The normalized spacial score (nSPS) is 28.2. The third-order valence-electron chi connectivity index (χ3n) is 3.75. The number of carbonyl (C=O) groups is 2. The molecule has 0 radical (unpaired) electrons. The molecule has 1 aliphatic heterocycles. The zero-order valence-corrected chi connectivity index (χ0v) is 11.3. The van der Waals surface area contributed by atoms with E-state index in [1.54, 1.807) is 13.0 Å². The lowest BCUT2D eigenvalue weighted by Gasteiger charge is -2.28. The third kappa shape index (κ3) is 3.72. The van der Waals surface area contributed by atoms with Crippen molar-refractivity contribution in [1.82, 2.24) is 5.32 Å². The first-order chi connectivity index (χ1) is 9.20. The molecule has 1 saturated heterocycles. The van der Waals surface area contributed by atoms with Crippen LogP contribution >= 0.6 is 0 Å². The van der Waals surface area contributed by atoms with Crippen LogP contribution in [-0.2, 0) is 14.3 Å². The predicted molar refractivity (Wildman–Crippen MR) is 69.5 cm³/mol. The Morgan fingerprint density at radius 1 is 1.42 bits per heavy atom. The van der Waals surface area contributed by atoms with Gasteiger partial charge in [-0.2, -0.15) is 0 Å². The number of alkyl carbamates (subject to hydrolysis) is 1. The van der Waals surface area contributed by atoms with Crippen molar-refractivity contribution in [1.29, 1.82) is 0 Å². The molecular formula is C14H21NO4. The number of hydrogen-bond donors (Lipinski definition) is 1. The van der Waals surface area contributed by atoms with Gasteiger partial charge in [-0.15, -0.1) is 0 Å². The van der Waals surface area contributed by atoms with Gasteiger partial charge in [0.2, 0.25) is 0 Å². The number of rotatable bonds is 4. The molecular weight excluding hydrogens is 246 g/mol. The Kier molecular flexibility index (Phi) is 4.82. The molecule has 2 atom stereocenters. The minimum atomic E-state index is -0.396. The molecule has 1 N–H and O–H groups in total. The molecule has 1 heterocycles. The Labute approximate surface area is 113 Å². The van der Waals surface area contributed by atoms with Crippen molar-refractivity contribution in [3.63, 3.8) is 0 Å². The number of amides is 1. The fraction of sp³-hybridized carbons (Fsp3) is 0.714. The standard InChI is InChI=1S/C14H21NO4/c1-2-18-12(16)9-8-11-13(15-14(17)19-11)10-6-4-3-5-7-10/h8-11,13H,2-7H2,1H3,(H,15,17)/b9-8+/t11-,13-/m1/s1. The Balaban J connectivity index is 1.96. The maximum atomic E-state index is 11.4. The van der Waals surface area contributed by atoms with Gasteiger partial charge in [-0.3, -0.25) is 0 Å². The van der Waals surface area contributed by atoms with E-state index in [-0.39, 0.29) is 12.1 Å². The zero-order valence-electron chi connectivity index (χ0n) is 11.3. The second kappa shape index (κ2) is 6.59. The van der Waals surface area contributed by atoms with E-state index in [0.717, 1.165) is 12.8 Å². The van der Waals surface area contributed by atoms with Gasteiger partial charge in [0.1, 0.15) is 6.10 Å². The summed E-state index contributed by atoms with van der Waals surface area (Å²) in [7, 11) is 0. The minimum absolute atomic E-state index is 0.0153. The summed E-state index contributed by atoms with van der Waals surface area (Å²) in [5, 5.41) is 2.86. The fourth-order valence-corrected chi connectivity index (χ4v) is 2.85. The van der Waals surface area contributed by atoms with Crippen LogP contribution in [0, 0.1) is 5.92 Å². The second-order valence-electron chi connectivity index (χ2n) is 5.05. The number of ether oxygens (including phenoxy) is 2.